The number of carboxylic acids is 1. The third-order valence-electron chi connectivity index (χ3n) is 7.84. The van der Waals surface area contributed by atoms with Gasteiger partial charge in [-0.15, -0.1) is 0 Å². The van der Waals surface area contributed by atoms with Crippen LogP contribution < -0.4 is 10.6 Å². The first-order valence-electron chi connectivity index (χ1n) is 13.8. The van der Waals surface area contributed by atoms with E-state index in [1.807, 2.05) is 66.7 Å². The van der Waals surface area contributed by atoms with Gasteiger partial charge in [0.1, 0.15) is 12.1 Å². The van der Waals surface area contributed by atoms with Crippen molar-refractivity contribution >= 4 is 18.0 Å². The molecule has 2 amide bonds. The number of benzene rings is 3. The molecule has 0 saturated carbocycles. The van der Waals surface area contributed by atoms with Crippen molar-refractivity contribution in [2.75, 3.05) is 19.8 Å². The first-order valence-corrected chi connectivity index (χ1v) is 13.8. The molecule has 9 nitrogen and oxygen atoms in total. The van der Waals surface area contributed by atoms with Crippen LogP contribution in [0.4, 0.5) is 4.79 Å². The summed E-state index contributed by atoms with van der Waals surface area (Å²) >= 11 is 0. The second-order valence-electron chi connectivity index (χ2n) is 10.4. The summed E-state index contributed by atoms with van der Waals surface area (Å²) in [5.41, 5.74) is 3.88. The third kappa shape index (κ3) is 6.26. The Labute approximate surface area is 238 Å². The first kappa shape index (κ1) is 28.3. The van der Waals surface area contributed by atoms with Gasteiger partial charge in [-0.3, -0.25) is 4.79 Å². The minimum Gasteiger partial charge on any atom is -0.480 e. The summed E-state index contributed by atoms with van der Waals surface area (Å²) < 4.78 is 16.9. The third-order valence-corrected chi connectivity index (χ3v) is 7.84. The van der Waals surface area contributed by atoms with Gasteiger partial charge in [-0.25, -0.2) is 9.59 Å². The molecule has 3 N–H and O–H groups in total. The summed E-state index contributed by atoms with van der Waals surface area (Å²) in [6.45, 7) is 2.34. The van der Waals surface area contributed by atoms with Crippen LogP contribution in [0.1, 0.15) is 42.4 Å². The van der Waals surface area contributed by atoms with Crippen LogP contribution in [0.5, 0.6) is 0 Å². The number of nitrogens with one attached hydrogen (secondary N) is 2. The number of ether oxygens (including phenoxy) is 3. The molecule has 2 aliphatic rings. The number of carbonyl (C=O) groups is 3. The average Bonchev–Trinajstić information content (AvgIpc) is 3.32. The summed E-state index contributed by atoms with van der Waals surface area (Å²) in [5, 5.41) is 15.2. The molecule has 1 fully saturated rings. The topological polar surface area (TPSA) is 123 Å². The minimum atomic E-state index is -1.38. The molecule has 1 saturated heterocycles. The number of carbonyl (C=O) groups excluding carboxylic acids is 2. The van der Waals surface area contributed by atoms with E-state index in [4.69, 9.17) is 14.2 Å². The molecule has 1 heterocycles. The quantitative estimate of drug-likeness (QED) is 0.340. The zero-order valence-corrected chi connectivity index (χ0v) is 22.9. The van der Waals surface area contributed by atoms with Crippen molar-refractivity contribution in [1.29, 1.82) is 0 Å². The van der Waals surface area contributed by atoms with Gasteiger partial charge in [0, 0.05) is 32.0 Å². The Hall–Kier alpha value is -4.21. The maximum absolute atomic E-state index is 13.6. The number of carboxylic acid groups (broad SMARTS) is 1. The predicted molar refractivity (Wildman–Crippen MR) is 151 cm³/mol. The number of alkyl carbamates (subject to hydrolysis) is 1. The lowest BCUT2D eigenvalue weighted by molar-refractivity contribution is -0.148. The number of fused-ring (bicyclic) bond motifs is 3. The lowest BCUT2D eigenvalue weighted by Gasteiger charge is -2.37. The van der Waals surface area contributed by atoms with Crippen molar-refractivity contribution in [3.05, 3.63) is 95.6 Å². The SMILES string of the molecule is C[C@@H](OCc1ccccc1)[C@H](NC(=O)C1(NC(=O)OCC2c3ccccc3-c3ccccc32)CCOCC1)C(=O)O. The highest BCUT2D eigenvalue weighted by atomic mass is 16.5. The molecule has 1 aliphatic carbocycles. The molecule has 3 aromatic carbocycles. The van der Waals surface area contributed by atoms with E-state index < -0.39 is 35.7 Å². The zero-order valence-electron chi connectivity index (χ0n) is 22.9. The van der Waals surface area contributed by atoms with E-state index in [9.17, 15) is 19.5 Å². The summed E-state index contributed by atoms with van der Waals surface area (Å²) in [7, 11) is 0. The molecular weight excluding hydrogens is 524 g/mol. The van der Waals surface area contributed by atoms with Crippen LogP contribution >= 0.6 is 0 Å². The predicted octanol–water partition coefficient (Wildman–Crippen LogP) is 4.25. The lowest BCUT2D eigenvalue weighted by Crippen LogP contribution is -2.64. The number of hydrogen-bond donors (Lipinski definition) is 3. The van der Waals surface area contributed by atoms with Gasteiger partial charge in [-0.1, -0.05) is 78.9 Å². The molecule has 2 atom stereocenters. The van der Waals surface area contributed by atoms with Gasteiger partial charge in [-0.05, 0) is 34.7 Å². The molecule has 5 rings (SSSR count). The van der Waals surface area contributed by atoms with Crippen molar-refractivity contribution in [2.45, 2.75) is 50.0 Å². The summed E-state index contributed by atoms with van der Waals surface area (Å²) in [6.07, 6.45) is -1.23. The van der Waals surface area contributed by atoms with Crippen molar-refractivity contribution in [2.24, 2.45) is 0 Å². The fourth-order valence-electron chi connectivity index (χ4n) is 5.52. The van der Waals surface area contributed by atoms with Crippen molar-refractivity contribution in [1.82, 2.24) is 10.6 Å². The van der Waals surface area contributed by atoms with E-state index in [0.717, 1.165) is 27.8 Å². The number of hydrogen-bond acceptors (Lipinski definition) is 6. The van der Waals surface area contributed by atoms with E-state index in [2.05, 4.69) is 22.8 Å². The van der Waals surface area contributed by atoms with Gasteiger partial charge in [0.2, 0.25) is 5.91 Å². The van der Waals surface area contributed by atoms with E-state index in [1.54, 1.807) is 6.92 Å². The van der Waals surface area contributed by atoms with Gasteiger partial charge in [0.15, 0.2) is 6.04 Å². The van der Waals surface area contributed by atoms with Crippen molar-refractivity contribution in [3.8, 4) is 11.1 Å². The molecule has 9 heteroatoms. The van der Waals surface area contributed by atoms with Crippen LogP contribution in [0.3, 0.4) is 0 Å². The lowest BCUT2D eigenvalue weighted by atomic mass is 9.88. The van der Waals surface area contributed by atoms with Gasteiger partial charge in [0.05, 0.1) is 12.7 Å². The Morgan fingerprint density at radius 1 is 0.927 bits per heavy atom. The van der Waals surface area contributed by atoms with Crippen LogP contribution in [0.2, 0.25) is 0 Å². The molecule has 1 aliphatic heterocycles. The monoisotopic (exact) mass is 558 g/mol. The molecule has 0 unspecified atom stereocenters. The Bertz CT molecular complexity index is 1340. The first-order chi connectivity index (χ1) is 19.9. The smallest absolute Gasteiger partial charge is 0.408 e. The summed E-state index contributed by atoms with van der Waals surface area (Å²) in [5.74, 6) is -1.98. The molecule has 3 aromatic rings. The van der Waals surface area contributed by atoms with Crippen molar-refractivity contribution in [3.63, 3.8) is 0 Å². The fourth-order valence-corrected chi connectivity index (χ4v) is 5.52. The summed E-state index contributed by atoms with van der Waals surface area (Å²) in [6, 6.07) is 24.1. The summed E-state index contributed by atoms with van der Waals surface area (Å²) in [4.78, 5) is 38.8. The highest BCUT2D eigenvalue weighted by molar-refractivity contribution is 5.93. The standard InChI is InChI=1S/C32H34N2O7/c1-21(40-19-22-9-3-2-4-10-22)28(29(35)36)33-30(37)32(15-17-39-18-16-32)34-31(38)41-20-27-25-13-7-5-11-23(25)24-12-6-8-14-26(24)27/h2-14,21,27-28H,15-20H2,1H3,(H,33,37)(H,34,38)(H,35,36)/t21-,28+/m1/s1. The molecule has 41 heavy (non-hydrogen) atoms. The Morgan fingerprint density at radius 2 is 1.51 bits per heavy atom. The van der Waals surface area contributed by atoms with E-state index >= 15 is 0 Å². The Morgan fingerprint density at radius 3 is 2.12 bits per heavy atom. The van der Waals surface area contributed by atoms with E-state index in [-0.39, 0.29) is 45.2 Å². The maximum Gasteiger partial charge on any atom is 0.408 e. The molecule has 0 radical (unpaired) electrons. The zero-order chi connectivity index (χ0) is 28.8. The molecule has 0 bridgehead atoms. The highest BCUT2D eigenvalue weighted by Gasteiger charge is 2.44. The van der Waals surface area contributed by atoms with Crippen LogP contribution in [-0.4, -0.2) is 60.6 Å². The largest absolute Gasteiger partial charge is 0.480 e. The number of rotatable bonds is 10. The van der Waals surface area contributed by atoms with Crippen LogP contribution in [0.25, 0.3) is 11.1 Å². The van der Waals surface area contributed by atoms with Gasteiger partial charge in [0.25, 0.3) is 0 Å². The Kier molecular flexibility index (Phi) is 8.66. The van der Waals surface area contributed by atoms with E-state index in [1.165, 1.54) is 0 Å². The van der Waals surface area contributed by atoms with Crippen molar-refractivity contribution < 1.29 is 33.7 Å². The van der Waals surface area contributed by atoms with Gasteiger partial charge in [-0.2, -0.15) is 0 Å². The number of amides is 2. The normalized spacial score (nSPS) is 17.0. The number of aliphatic carboxylic acids is 1. The fraction of sp³-hybridized carbons (Fsp3) is 0.344. The second-order valence-corrected chi connectivity index (χ2v) is 10.4. The average molecular weight is 559 g/mol. The molecule has 0 spiro atoms. The molecule has 214 valence electrons. The van der Waals surface area contributed by atoms with E-state index in [0.29, 0.717) is 0 Å². The van der Waals surface area contributed by atoms with Crippen LogP contribution in [0, 0.1) is 0 Å². The highest BCUT2D eigenvalue weighted by Crippen LogP contribution is 2.44. The van der Waals surface area contributed by atoms with Crippen LogP contribution in [0.15, 0.2) is 78.9 Å². The van der Waals surface area contributed by atoms with Gasteiger partial charge >= 0.3 is 12.1 Å². The second kappa shape index (κ2) is 12.5. The Balaban J connectivity index is 1.25. The minimum absolute atomic E-state index is 0.0934. The van der Waals surface area contributed by atoms with Gasteiger partial charge < -0.3 is 30.0 Å². The molecular formula is C32H34N2O7. The molecule has 0 aromatic heterocycles. The van der Waals surface area contributed by atoms with Crippen LogP contribution in [-0.2, 0) is 30.4 Å². The maximum atomic E-state index is 13.6.